The van der Waals surface area contributed by atoms with Gasteiger partial charge in [-0.3, -0.25) is 4.90 Å². The molecule has 0 spiro atoms. The van der Waals surface area contributed by atoms with Gasteiger partial charge < -0.3 is 5.32 Å². The minimum Gasteiger partial charge on any atom is -0.310 e. The van der Waals surface area contributed by atoms with Gasteiger partial charge in [-0.05, 0) is 25.2 Å². The molecule has 0 amide bonds. The van der Waals surface area contributed by atoms with Crippen LogP contribution in [0.4, 0.5) is 0 Å². The highest BCUT2D eigenvalue weighted by molar-refractivity contribution is 4.88. The van der Waals surface area contributed by atoms with Crippen LogP contribution in [0.3, 0.4) is 0 Å². The Morgan fingerprint density at radius 3 is 2.59 bits per heavy atom. The van der Waals surface area contributed by atoms with Crippen LogP contribution in [0.25, 0.3) is 0 Å². The third-order valence-corrected chi connectivity index (χ3v) is 4.57. The molecule has 1 saturated heterocycles. The maximum absolute atomic E-state index is 3.70. The molecular formula is C15H30N2. The molecule has 1 N–H and O–H groups in total. The highest BCUT2D eigenvalue weighted by atomic mass is 15.2. The molecule has 0 aromatic carbocycles. The Kier molecular flexibility index (Phi) is 4.87. The van der Waals surface area contributed by atoms with Crippen molar-refractivity contribution in [2.24, 2.45) is 5.92 Å². The number of nitrogens with one attached hydrogen (secondary N) is 1. The van der Waals surface area contributed by atoms with Crippen molar-refractivity contribution in [2.45, 2.75) is 77.4 Å². The van der Waals surface area contributed by atoms with E-state index in [0.29, 0.717) is 6.04 Å². The molecule has 3 unspecified atom stereocenters. The van der Waals surface area contributed by atoms with Crippen molar-refractivity contribution in [2.75, 3.05) is 13.1 Å². The van der Waals surface area contributed by atoms with E-state index in [9.17, 15) is 0 Å². The van der Waals surface area contributed by atoms with Gasteiger partial charge in [0.05, 0.1) is 0 Å². The van der Waals surface area contributed by atoms with Crippen LogP contribution in [0.15, 0.2) is 0 Å². The largest absolute Gasteiger partial charge is 0.310 e. The van der Waals surface area contributed by atoms with Crippen LogP contribution in [-0.2, 0) is 0 Å². The Morgan fingerprint density at radius 1 is 1.06 bits per heavy atom. The van der Waals surface area contributed by atoms with Crippen molar-refractivity contribution >= 4 is 0 Å². The normalized spacial score (nSPS) is 36.4. The van der Waals surface area contributed by atoms with Gasteiger partial charge in [-0.25, -0.2) is 0 Å². The lowest BCUT2D eigenvalue weighted by molar-refractivity contribution is 0.169. The molecule has 2 rings (SSSR count). The fourth-order valence-electron chi connectivity index (χ4n) is 3.71. The van der Waals surface area contributed by atoms with Gasteiger partial charge in [0.1, 0.15) is 0 Å². The monoisotopic (exact) mass is 238 g/mol. The smallest absolute Gasteiger partial charge is 0.0209 e. The van der Waals surface area contributed by atoms with E-state index in [1.165, 1.54) is 51.6 Å². The molecule has 0 aromatic rings. The van der Waals surface area contributed by atoms with Crippen molar-refractivity contribution in [3.63, 3.8) is 0 Å². The standard InChI is InChI=1S/C15H30N2/c1-12(2)16-14-9-10-17(11-14)15-8-6-4-5-7-13(15)3/h12-16H,4-11H2,1-3H3. The zero-order valence-corrected chi connectivity index (χ0v) is 11.9. The quantitative estimate of drug-likeness (QED) is 0.760. The first-order valence-corrected chi connectivity index (χ1v) is 7.67. The average Bonchev–Trinajstić information content (AvgIpc) is 2.59. The molecule has 2 nitrogen and oxygen atoms in total. The first kappa shape index (κ1) is 13.4. The Morgan fingerprint density at radius 2 is 1.82 bits per heavy atom. The fourth-order valence-corrected chi connectivity index (χ4v) is 3.71. The molecule has 100 valence electrons. The van der Waals surface area contributed by atoms with Crippen LogP contribution in [0.2, 0.25) is 0 Å². The van der Waals surface area contributed by atoms with E-state index in [-0.39, 0.29) is 0 Å². The Hall–Kier alpha value is -0.0800. The van der Waals surface area contributed by atoms with Crippen LogP contribution in [0, 0.1) is 5.92 Å². The summed E-state index contributed by atoms with van der Waals surface area (Å²) in [5, 5.41) is 3.70. The minimum atomic E-state index is 0.631. The SMILES string of the molecule is CC(C)NC1CCN(C2CCCCCC2C)C1. The van der Waals surface area contributed by atoms with Gasteiger partial charge in [0.15, 0.2) is 0 Å². The van der Waals surface area contributed by atoms with Gasteiger partial charge in [-0.2, -0.15) is 0 Å². The predicted octanol–water partition coefficient (Wildman–Crippen LogP) is 3.03. The highest BCUT2D eigenvalue weighted by Gasteiger charge is 2.31. The molecule has 1 heterocycles. The Balaban J connectivity index is 1.85. The first-order chi connectivity index (χ1) is 8.16. The van der Waals surface area contributed by atoms with Gasteiger partial charge in [0, 0.05) is 31.2 Å². The Bertz CT molecular complexity index is 227. The van der Waals surface area contributed by atoms with E-state index in [0.717, 1.165) is 18.0 Å². The summed E-state index contributed by atoms with van der Waals surface area (Å²) in [6, 6.07) is 2.24. The summed E-state index contributed by atoms with van der Waals surface area (Å²) < 4.78 is 0. The molecule has 1 aliphatic carbocycles. The zero-order chi connectivity index (χ0) is 12.3. The minimum absolute atomic E-state index is 0.631. The molecule has 17 heavy (non-hydrogen) atoms. The van der Waals surface area contributed by atoms with Crippen molar-refractivity contribution in [1.29, 1.82) is 0 Å². The second kappa shape index (κ2) is 6.19. The number of nitrogens with zero attached hydrogens (tertiary/aromatic N) is 1. The number of rotatable bonds is 3. The lowest BCUT2D eigenvalue weighted by Crippen LogP contribution is -2.41. The molecule has 0 aromatic heterocycles. The van der Waals surface area contributed by atoms with E-state index < -0.39 is 0 Å². The first-order valence-electron chi connectivity index (χ1n) is 7.67. The van der Waals surface area contributed by atoms with Crippen molar-refractivity contribution in [3.8, 4) is 0 Å². The summed E-state index contributed by atoms with van der Waals surface area (Å²) in [6.07, 6.45) is 8.61. The van der Waals surface area contributed by atoms with Crippen molar-refractivity contribution < 1.29 is 0 Å². The van der Waals surface area contributed by atoms with E-state index in [2.05, 4.69) is 31.0 Å². The lowest BCUT2D eigenvalue weighted by Gasteiger charge is -2.31. The zero-order valence-electron chi connectivity index (χ0n) is 11.9. The lowest BCUT2D eigenvalue weighted by atomic mass is 9.96. The van der Waals surface area contributed by atoms with E-state index in [1.54, 1.807) is 0 Å². The van der Waals surface area contributed by atoms with Crippen LogP contribution >= 0.6 is 0 Å². The average molecular weight is 238 g/mol. The maximum Gasteiger partial charge on any atom is 0.0209 e. The van der Waals surface area contributed by atoms with Gasteiger partial charge in [-0.1, -0.05) is 40.0 Å². The topological polar surface area (TPSA) is 15.3 Å². The van der Waals surface area contributed by atoms with Crippen molar-refractivity contribution in [3.05, 3.63) is 0 Å². The van der Waals surface area contributed by atoms with Gasteiger partial charge in [-0.15, -0.1) is 0 Å². The molecular weight excluding hydrogens is 208 g/mol. The summed E-state index contributed by atoms with van der Waals surface area (Å²) >= 11 is 0. The summed E-state index contributed by atoms with van der Waals surface area (Å²) in [5.74, 6) is 0.912. The highest BCUT2D eigenvalue weighted by Crippen LogP contribution is 2.29. The third-order valence-electron chi connectivity index (χ3n) is 4.57. The van der Waals surface area contributed by atoms with Crippen LogP contribution < -0.4 is 5.32 Å². The summed E-state index contributed by atoms with van der Waals surface area (Å²) in [5.41, 5.74) is 0. The second-order valence-corrected chi connectivity index (χ2v) is 6.48. The molecule has 2 fully saturated rings. The molecule has 0 radical (unpaired) electrons. The van der Waals surface area contributed by atoms with Crippen LogP contribution in [0.1, 0.15) is 59.3 Å². The van der Waals surface area contributed by atoms with Crippen LogP contribution in [0.5, 0.6) is 0 Å². The molecule has 0 bridgehead atoms. The van der Waals surface area contributed by atoms with Gasteiger partial charge >= 0.3 is 0 Å². The van der Waals surface area contributed by atoms with Crippen molar-refractivity contribution in [1.82, 2.24) is 10.2 Å². The number of hydrogen-bond donors (Lipinski definition) is 1. The summed E-state index contributed by atoms with van der Waals surface area (Å²) in [4.78, 5) is 2.77. The predicted molar refractivity (Wildman–Crippen MR) is 74.3 cm³/mol. The molecule has 2 heteroatoms. The number of likely N-dealkylation sites (tertiary alicyclic amines) is 1. The second-order valence-electron chi connectivity index (χ2n) is 6.48. The van der Waals surface area contributed by atoms with E-state index >= 15 is 0 Å². The summed E-state index contributed by atoms with van der Waals surface area (Å²) in [6.45, 7) is 9.60. The summed E-state index contributed by atoms with van der Waals surface area (Å²) in [7, 11) is 0. The maximum atomic E-state index is 3.70. The van der Waals surface area contributed by atoms with Gasteiger partial charge in [0.25, 0.3) is 0 Å². The Labute approximate surface area is 107 Å². The molecule has 1 aliphatic heterocycles. The van der Waals surface area contributed by atoms with Gasteiger partial charge in [0.2, 0.25) is 0 Å². The van der Waals surface area contributed by atoms with E-state index in [4.69, 9.17) is 0 Å². The third kappa shape index (κ3) is 3.69. The number of hydrogen-bond acceptors (Lipinski definition) is 2. The fraction of sp³-hybridized carbons (Fsp3) is 1.00. The van der Waals surface area contributed by atoms with Crippen LogP contribution in [-0.4, -0.2) is 36.1 Å². The molecule has 1 saturated carbocycles. The molecule has 3 atom stereocenters. The molecule has 2 aliphatic rings. The van der Waals surface area contributed by atoms with E-state index in [1.807, 2.05) is 0 Å².